The number of halogens is 3. The molecule has 0 bridgehead atoms. The number of nitro groups is 1. The van der Waals surface area contributed by atoms with E-state index in [4.69, 9.17) is 14.0 Å². The Hall–Kier alpha value is -4.42. The number of carbonyl (C=O) groups is 2. The molecule has 10 nitrogen and oxygen atoms in total. The van der Waals surface area contributed by atoms with Crippen molar-refractivity contribution in [1.82, 2.24) is 5.16 Å². The van der Waals surface area contributed by atoms with E-state index in [0.29, 0.717) is 29.3 Å². The maximum Gasteiger partial charge on any atom is 0.416 e. The second-order valence-corrected chi connectivity index (χ2v) is 7.23. The molecule has 1 aromatic heterocycles. The number of rotatable bonds is 8. The van der Waals surface area contributed by atoms with Crippen molar-refractivity contribution in [2.24, 2.45) is 0 Å². The lowest BCUT2D eigenvalue weighted by molar-refractivity contribution is -0.384. The Morgan fingerprint density at radius 1 is 1.14 bits per heavy atom. The fourth-order valence-corrected chi connectivity index (χ4v) is 2.92. The van der Waals surface area contributed by atoms with Gasteiger partial charge in [0, 0.05) is 6.07 Å². The van der Waals surface area contributed by atoms with Gasteiger partial charge in [0.15, 0.2) is 6.61 Å². The number of hydrogen-bond donors (Lipinski definition) is 1. The number of aromatic nitrogens is 1. The monoisotopic (exact) mass is 493 g/mol. The van der Waals surface area contributed by atoms with E-state index in [0.717, 1.165) is 11.6 Å². The topological polar surface area (TPSA) is 134 Å². The third-order valence-electron chi connectivity index (χ3n) is 4.78. The standard InChI is InChI=1S/C22H18F3N3O7/c1-12-17(13(2)35-27-12)10-33-16-6-3-14(4-7-16)21(30)34-11-20(29)26-18-8-5-15(22(23,24)25)9-19(18)28(31)32/h3-9H,10-11H2,1-2H3,(H,26,29). The molecule has 0 saturated heterocycles. The lowest BCUT2D eigenvalue weighted by Crippen LogP contribution is -2.21. The van der Waals surface area contributed by atoms with E-state index in [-0.39, 0.29) is 12.2 Å². The smallest absolute Gasteiger partial charge is 0.416 e. The summed E-state index contributed by atoms with van der Waals surface area (Å²) in [4.78, 5) is 34.3. The summed E-state index contributed by atoms with van der Waals surface area (Å²) in [5.74, 6) is -0.753. The van der Waals surface area contributed by atoms with Crippen molar-refractivity contribution >= 4 is 23.3 Å². The van der Waals surface area contributed by atoms with Crippen LogP contribution in [-0.2, 0) is 22.3 Å². The lowest BCUT2D eigenvalue weighted by Gasteiger charge is -2.10. The second kappa shape index (κ2) is 10.2. The van der Waals surface area contributed by atoms with Crippen molar-refractivity contribution in [2.45, 2.75) is 26.6 Å². The molecule has 0 spiro atoms. The number of esters is 1. The van der Waals surface area contributed by atoms with Gasteiger partial charge in [0.05, 0.1) is 27.3 Å². The Kier molecular flexibility index (Phi) is 7.37. The van der Waals surface area contributed by atoms with Crippen LogP contribution in [0.25, 0.3) is 0 Å². The largest absolute Gasteiger partial charge is 0.489 e. The number of ether oxygens (including phenoxy) is 2. The minimum Gasteiger partial charge on any atom is -0.489 e. The minimum absolute atomic E-state index is 0.1000. The fraction of sp³-hybridized carbons (Fsp3) is 0.227. The van der Waals surface area contributed by atoms with E-state index in [9.17, 15) is 32.9 Å². The molecule has 0 unspecified atom stereocenters. The molecule has 3 aromatic rings. The van der Waals surface area contributed by atoms with Gasteiger partial charge in [0.2, 0.25) is 0 Å². The average Bonchev–Trinajstić information content (AvgIpc) is 3.12. The molecule has 0 fully saturated rings. The summed E-state index contributed by atoms with van der Waals surface area (Å²) < 4.78 is 53.9. The van der Waals surface area contributed by atoms with Gasteiger partial charge in [-0.15, -0.1) is 0 Å². The van der Waals surface area contributed by atoms with Crippen LogP contribution < -0.4 is 10.1 Å². The van der Waals surface area contributed by atoms with E-state index in [2.05, 4.69) is 10.5 Å². The Morgan fingerprint density at radius 3 is 2.40 bits per heavy atom. The number of benzene rings is 2. The van der Waals surface area contributed by atoms with Crippen LogP contribution in [0, 0.1) is 24.0 Å². The first-order valence-corrected chi connectivity index (χ1v) is 9.93. The van der Waals surface area contributed by atoms with Gasteiger partial charge in [0.25, 0.3) is 11.6 Å². The predicted octanol–water partition coefficient (Wildman–Crippen LogP) is 4.59. The summed E-state index contributed by atoms with van der Waals surface area (Å²) in [7, 11) is 0. The highest BCUT2D eigenvalue weighted by molar-refractivity contribution is 5.96. The van der Waals surface area contributed by atoms with Crippen LogP contribution in [0.2, 0.25) is 0 Å². The van der Waals surface area contributed by atoms with Gasteiger partial charge < -0.3 is 19.3 Å². The maximum atomic E-state index is 12.8. The third-order valence-corrected chi connectivity index (χ3v) is 4.78. The molecule has 184 valence electrons. The van der Waals surface area contributed by atoms with Crippen LogP contribution in [0.1, 0.15) is 32.9 Å². The van der Waals surface area contributed by atoms with Gasteiger partial charge in [0.1, 0.15) is 23.8 Å². The molecule has 13 heteroatoms. The van der Waals surface area contributed by atoms with Gasteiger partial charge in [-0.3, -0.25) is 14.9 Å². The van der Waals surface area contributed by atoms with Crippen molar-refractivity contribution in [3.63, 3.8) is 0 Å². The van der Waals surface area contributed by atoms with Crippen molar-refractivity contribution < 1.29 is 41.7 Å². The summed E-state index contributed by atoms with van der Waals surface area (Å²) in [5.41, 5.74) is -1.07. The number of amides is 1. The van der Waals surface area contributed by atoms with Crippen molar-refractivity contribution in [1.29, 1.82) is 0 Å². The molecule has 0 aliphatic carbocycles. The van der Waals surface area contributed by atoms with Crippen molar-refractivity contribution in [3.8, 4) is 5.75 Å². The Labute approximate surface area is 195 Å². The second-order valence-electron chi connectivity index (χ2n) is 7.23. The molecule has 2 aromatic carbocycles. The molecule has 1 amide bonds. The molecule has 0 radical (unpaired) electrons. The highest BCUT2D eigenvalue weighted by atomic mass is 19.4. The summed E-state index contributed by atoms with van der Waals surface area (Å²) >= 11 is 0. The van der Waals surface area contributed by atoms with Crippen molar-refractivity contribution in [2.75, 3.05) is 11.9 Å². The van der Waals surface area contributed by atoms with Crippen LogP contribution in [0.5, 0.6) is 5.75 Å². The summed E-state index contributed by atoms with van der Waals surface area (Å²) in [6, 6.07) is 7.48. The van der Waals surface area contributed by atoms with Gasteiger partial charge in [-0.1, -0.05) is 5.16 Å². The summed E-state index contributed by atoms with van der Waals surface area (Å²) in [6.45, 7) is 2.92. The van der Waals surface area contributed by atoms with Gasteiger partial charge in [-0.25, -0.2) is 4.79 Å². The van der Waals surface area contributed by atoms with E-state index < -0.39 is 46.5 Å². The zero-order valence-corrected chi connectivity index (χ0v) is 18.3. The SMILES string of the molecule is Cc1noc(C)c1COc1ccc(C(=O)OCC(=O)Nc2ccc(C(F)(F)F)cc2[N+](=O)[O-])cc1. The molecular formula is C22H18F3N3O7. The van der Waals surface area contributed by atoms with Crippen LogP contribution in [0.15, 0.2) is 47.0 Å². The van der Waals surface area contributed by atoms with Crippen molar-refractivity contribution in [3.05, 3.63) is 80.7 Å². The zero-order valence-electron chi connectivity index (χ0n) is 18.3. The molecule has 0 atom stereocenters. The number of nitrogens with zero attached hydrogens (tertiary/aromatic N) is 2. The molecular weight excluding hydrogens is 475 g/mol. The Morgan fingerprint density at radius 2 is 1.83 bits per heavy atom. The van der Waals surface area contributed by atoms with E-state index >= 15 is 0 Å². The van der Waals surface area contributed by atoms with Crippen LogP contribution in [0.3, 0.4) is 0 Å². The first-order chi connectivity index (χ1) is 16.5. The molecule has 1 N–H and O–H groups in total. The molecule has 35 heavy (non-hydrogen) atoms. The highest BCUT2D eigenvalue weighted by Gasteiger charge is 2.33. The number of alkyl halides is 3. The Bertz CT molecular complexity index is 1230. The molecule has 3 rings (SSSR count). The van der Waals surface area contributed by atoms with Gasteiger partial charge >= 0.3 is 12.1 Å². The number of anilines is 1. The van der Waals surface area contributed by atoms with Crippen LogP contribution >= 0.6 is 0 Å². The molecule has 0 saturated carbocycles. The van der Waals surface area contributed by atoms with Gasteiger partial charge in [-0.2, -0.15) is 13.2 Å². The number of nitro benzene ring substituents is 1. The number of nitrogens with one attached hydrogen (secondary N) is 1. The minimum atomic E-state index is -4.79. The number of hydrogen-bond acceptors (Lipinski definition) is 8. The molecule has 0 aliphatic rings. The summed E-state index contributed by atoms with van der Waals surface area (Å²) in [6.07, 6.45) is -4.79. The van der Waals surface area contributed by atoms with Crippen LogP contribution in [-0.4, -0.2) is 28.6 Å². The maximum absolute atomic E-state index is 12.8. The first kappa shape index (κ1) is 25.2. The van der Waals surface area contributed by atoms with E-state index in [1.165, 1.54) is 24.3 Å². The molecule has 1 heterocycles. The van der Waals surface area contributed by atoms with E-state index in [1.807, 2.05) is 0 Å². The number of carbonyl (C=O) groups excluding carboxylic acids is 2. The fourth-order valence-electron chi connectivity index (χ4n) is 2.92. The first-order valence-electron chi connectivity index (χ1n) is 9.93. The predicted molar refractivity (Wildman–Crippen MR) is 114 cm³/mol. The van der Waals surface area contributed by atoms with Crippen LogP contribution in [0.4, 0.5) is 24.5 Å². The zero-order chi connectivity index (χ0) is 25.8. The average molecular weight is 493 g/mol. The van der Waals surface area contributed by atoms with E-state index in [1.54, 1.807) is 13.8 Å². The summed E-state index contributed by atoms with van der Waals surface area (Å²) in [5, 5.41) is 17.0. The third kappa shape index (κ3) is 6.34. The molecule has 0 aliphatic heterocycles. The number of aryl methyl sites for hydroxylation is 2. The highest BCUT2D eigenvalue weighted by Crippen LogP contribution is 2.35. The Balaban J connectivity index is 1.56. The quantitative estimate of drug-likeness (QED) is 0.274. The normalized spacial score (nSPS) is 11.1. The van der Waals surface area contributed by atoms with Gasteiger partial charge in [-0.05, 0) is 50.2 Å². The lowest BCUT2D eigenvalue weighted by atomic mass is 10.1.